The van der Waals surface area contributed by atoms with Gasteiger partial charge >= 0.3 is 12.4 Å². The Kier molecular flexibility index (Phi) is 23.0. The Balaban J connectivity index is 1.04. The van der Waals surface area contributed by atoms with Crippen LogP contribution >= 0.6 is 232 Å². The van der Waals surface area contributed by atoms with Gasteiger partial charge in [-0.3, -0.25) is 0 Å². The number of hydrogen-bond donors (Lipinski definition) is 0. The van der Waals surface area contributed by atoms with E-state index in [0.29, 0.717) is 0 Å². The number of ether oxygens (including phenoxy) is 4. The molecule has 0 N–H and O–H groups in total. The standard InChI is InChI=1S/C63H24Cl20F6N2O4/c64-37-41(68)49(76)57(50(77)42(37)69)92-33-17-9-29(10-18-33)90(30-11-19-34(20-12-30)93-58-51(78)43(70)38(65)44(71)52(58)79)27-5-1-25(2-6-27)61(62(84,85)86,63(87,88)89)26-3-7-28(8-4-26)91(31-13-21-35(22-14-31)94-59-53(80)45(72)39(66)46(73)54(59)81)32-15-23-36(24-16-32)95-60-55(82)47(74)40(67)48(75)56(60)83/h1-24H. The van der Waals surface area contributed by atoms with E-state index in [1.54, 1.807) is 0 Å². The molecule has 0 amide bonds. The van der Waals surface area contributed by atoms with Crippen molar-refractivity contribution in [1.29, 1.82) is 0 Å². The summed E-state index contributed by atoms with van der Waals surface area (Å²) in [7, 11) is 0. The molecule has 10 aromatic carbocycles. The number of anilines is 6. The second-order valence-electron chi connectivity index (χ2n) is 19.5. The zero-order valence-corrected chi connectivity index (χ0v) is 60.8. The Morgan fingerprint density at radius 2 is 0.337 bits per heavy atom. The molecule has 492 valence electrons. The van der Waals surface area contributed by atoms with Gasteiger partial charge in [-0.05, 0) is 132 Å². The molecule has 0 aromatic heterocycles. The highest BCUT2D eigenvalue weighted by atomic mass is 35.5. The maximum absolute atomic E-state index is 16.1. The van der Waals surface area contributed by atoms with Crippen molar-refractivity contribution in [2.45, 2.75) is 17.8 Å². The Morgan fingerprint density at radius 3 is 0.484 bits per heavy atom. The second kappa shape index (κ2) is 29.5. The van der Waals surface area contributed by atoms with Gasteiger partial charge in [0.05, 0.1) is 60.3 Å². The molecule has 0 unspecified atom stereocenters. The van der Waals surface area contributed by atoms with Gasteiger partial charge < -0.3 is 28.7 Å². The van der Waals surface area contributed by atoms with E-state index in [2.05, 4.69) is 0 Å². The Morgan fingerprint density at radius 1 is 0.200 bits per heavy atom. The fourth-order valence-electron chi connectivity index (χ4n) is 9.42. The Bertz CT molecular complexity index is 3990. The Labute approximate surface area is 635 Å². The summed E-state index contributed by atoms with van der Waals surface area (Å²) in [6, 6.07) is 30.9. The van der Waals surface area contributed by atoms with Gasteiger partial charge in [0.25, 0.3) is 0 Å². The van der Waals surface area contributed by atoms with Crippen LogP contribution in [-0.4, -0.2) is 12.4 Å². The zero-order chi connectivity index (χ0) is 69.2. The third kappa shape index (κ3) is 14.3. The SMILES string of the molecule is FC(F)(F)C(c1ccc(N(c2ccc(Oc3c(Cl)c(Cl)c(Cl)c(Cl)c3Cl)cc2)c2ccc(Oc3c(Cl)c(Cl)c(Cl)c(Cl)c3Cl)cc2)cc1)(c1ccc(N(c2ccc(Oc3c(Cl)c(Cl)c(Cl)c(Cl)c3Cl)cc2)c2ccc(Oc3c(Cl)c(Cl)c(Cl)c(Cl)c3Cl)cc2)cc1)C(F)(F)F. The van der Waals surface area contributed by atoms with E-state index in [-0.39, 0.29) is 181 Å². The highest BCUT2D eigenvalue weighted by Crippen LogP contribution is 2.59. The fraction of sp³-hybridized carbons (Fsp3) is 0.0476. The average molecular weight is 1700 g/mol. The summed E-state index contributed by atoms with van der Waals surface area (Å²) in [5, 5.41) is -3.05. The van der Waals surface area contributed by atoms with Gasteiger partial charge in [0.15, 0.2) is 23.0 Å². The smallest absolute Gasteiger partial charge is 0.411 e. The lowest BCUT2D eigenvalue weighted by Gasteiger charge is -2.39. The van der Waals surface area contributed by atoms with Crippen LogP contribution in [0.1, 0.15) is 11.1 Å². The topological polar surface area (TPSA) is 43.4 Å². The molecular formula is C63H24Cl20F6N2O4. The lowest BCUT2D eigenvalue weighted by atomic mass is 9.72. The fourth-order valence-corrected chi connectivity index (χ4v) is 14.2. The highest BCUT2D eigenvalue weighted by Gasteiger charge is 2.72. The maximum atomic E-state index is 16.1. The molecule has 0 fully saturated rings. The molecule has 32 heteroatoms. The first-order chi connectivity index (χ1) is 44.7. The van der Waals surface area contributed by atoms with Crippen LogP contribution in [0.25, 0.3) is 0 Å². The van der Waals surface area contributed by atoms with Crippen molar-refractivity contribution in [1.82, 2.24) is 0 Å². The first kappa shape index (κ1) is 74.1. The van der Waals surface area contributed by atoms with Gasteiger partial charge in [-0.1, -0.05) is 256 Å². The molecule has 10 aromatic rings. The van der Waals surface area contributed by atoms with E-state index < -0.39 is 28.9 Å². The quantitative estimate of drug-likeness (QED) is 0.0546. The van der Waals surface area contributed by atoms with E-state index in [1.807, 2.05) is 0 Å². The van der Waals surface area contributed by atoms with Crippen molar-refractivity contribution >= 4 is 266 Å². The van der Waals surface area contributed by atoms with Crippen LogP contribution in [0.4, 0.5) is 60.5 Å². The molecule has 0 aliphatic carbocycles. The number of rotatable bonds is 16. The monoisotopic (exact) mass is 1690 g/mol. The predicted octanol–water partition coefficient (Wildman–Crippen LogP) is 32.3. The summed E-state index contributed by atoms with van der Waals surface area (Å²) in [5.41, 5.74) is -5.86. The highest BCUT2D eigenvalue weighted by molar-refractivity contribution is 6.59. The molecule has 0 bridgehead atoms. The summed E-state index contributed by atoms with van der Waals surface area (Å²) in [5.74, 6) is -0.129. The third-order valence-electron chi connectivity index (χ3n) is 13.9. The third-order valence-corrected chi connectivity index (χ3v) is 22.9. The Hall–Kier alpha value is -3.62. The van der Waals surface area contributed by atoms with Crippen LogP contribution in [-0.2, 0) is 5.41 Å². The van der Waals surface area contributed by atoms with Gasteiger partial charge in [0, 0.05) is 34.1 Å². The number of halogens is 26. The summed E-state index contributed by atoms with van der Waals surface area (Å²) < 4.78 is 121. The van der Waals surface area contributed by atoms with Crippen molar-refractivity contribution < 1.29 is 45.3 Å². The molecular weight excluding hydrogens is 1670 g/mol. The number of alkyl halides is 6. The molecule has 0 aliphatic heterocycles. The molecule has 0 saturated heterocycles. The van der Waals surface area contributed by atoms with Gasteiger partial charge in [-0.15, -0.1) is 0 Å². The lowest BCUT2D eigenvalue weighted by Crippen LogP contribution is -2.54. The van der Waals surface area contributed by atoms with Crippen LogP contribution in [0.5, 0.6) is 46.0 Å². The second-order valence-corrected chi connectivity index (χ2v) is 27.0. The number of hydrogen-bond acceptors (Lipinski definition) is 6. The van der Waals surface area contributed by atoms with Gasteiger partial charge in [0.1, 0.15) is 63.2 Å². The van der Waals surface area contributed by atoms with Crippen LogP contribution < -0.4 is 28.7 Å². The molecule has 0 radical (unpaired) electrons. The first-order valence-corrected chi connectivity index (χ1v) is 33.4. The maximum Gasteiger partial charge on any atom is 0.411 e. The number of nitrogens with zero attached hydrogens (tertiary/aromatic N) is 2. The van der Waals surface area contributed by atoms with E-state index in [0.717, 1.165) is 48.5 Å². The summed E-state index contributed by atoms with van der Waals surface area (Å²) in [6.45, 7) is 0. The molecule has 10 rings (SSSR count). The summed E-state index contributed by atoms with van der Waals surface area (Å²) in [6.07, 6.45) is -12.1. The van der Waals surface area contributed by atoms with E-state index in [1.165, 1.54) is 107 Å². The normalized spacial score (nSPS) is 11.9. The molecule has 0 heterocycles. The van der Waals surface area contributed by atoms with Gasteiger partial charge in [0.2, 0.25) is 5.41 Å². The van der Waals surface area contributed by atoms with Crippen molar-refractivity contribution in [2.75, 3.05) is 9.80 Å². The van der Waals surface area contributed by atoms with E-state index in [9.17, 15) is 0 Å². The van der Waals surface area contributed by atoms with Crippen molar-refractivity contribution in [2.24, 2.45) is 0 Å². The van der Waals surface area contributed by atoms with Crippen molar-refractivity contribution in [3.05, 3.63) is 257 Å². The van der Waals surface area contributed by atoms with E-state index in [4.69, 9.17) is 251 Å². The van der Waals surface area contributed by atoms with Crippen molar-refractivity contribution in [3.63, 3.8) is 0 Å². The summed E-state index contributed by atoms with van der Waals surface area (Å²) in [4.78, 5) is 2.99. The molecule has 6 nitrogen and oxygen atoms in total. The van der Waals surface area contributed by atoms with Crippen LogP contribution in [0.15, 0.2) is 146 Å². The van der Waals surface area contributed by atoms with Gasteiger partial charge in [-0.25, -0.2) is 0 Å². The summed E-state index contributed by atoms with van der Waals surface area (Å²) >= 11 is 127. The van der Waals surface area contributed by atoms with Crippen LogP contribution in [0.3, 0.4) is 0 Å². The molecule has 0 aliphatic rings. The first-order valence-electron chi connectivity index (χ1n) is 25.8. The molecule has 0 saturated carbocycles. The largest absolute Gasteiger partial charge is 0.454 e. The molecule has 0 spiro atoms. The molecule has 95 heavy (non-hydrogen) atoms. The van der Waals surface area contributed by atoms with Crippen LogP contribution in [0, 0.1) is 0 Å². The van der Waals surface area contributed by atoms with Crippen molar-refractivity contribution in [3.8, 4) is 46.0 Å². The minimum Gasteiger partial charge on any atom is -0.454 e. The average Bonchev–Trinajstić information content (AvgIpc) is 0.715. The minimum absolute atomic E-state index is 0.0526. The van der Waals surface area contributed by atoms with Gasteiger partial charge in [-0.2, -0.15) is 26.3 Å². The number of benzene rings is 10. The zero-order valence-electron chi connectivity index (χ0n) is 45.7. The lowest BCUT2D eigenvalue weighted by molar-refractivity contribution is -0.288. The minimum atomic E-state index is -6.05. The van der Waals surface area contributed by atoms with E-state index >= 15 is 26.3 Å². The van der Waals surface area contributed by atoms with Crippen LogP contribution in [0.2, 0.25) is 100 Å². The predicted molar refractivity (Wildman–Crippen MR) is 381 cm³/mol. The molecule has 0 atom stereocenters.